The van der Waals surface area contributed by atoms with E-state index in [1.165, 1.54) is 31.7 Å². The lowest BCUT2D eigenvalue weighted by molar-refractivity contribution is 0.483. The van der Waals surface area contributed by atoms with E-state index in [-0.39, 0.29) is 5.41 Å². The Labute approximate surface area is 275 Å². The van der Waals surface area contributed by atoms with E-state index in [1.807, 2.05) is 48.6 Å². The summed E-state index contributed by atoms with van der Waals surface area (Å²) in [5, 5.41) is 5.80. The van der Waals surface area contributed by atoms with Crippen LogP contribution < -0.4 is 4.74 Å². The molecule has 1 aliphatic heterocycles. The van der Waals surface area contributed by atoms with Gasteiger partial charge in [-0.15, -0.1) is 0 Å². The first-order valence-corrected chi connectivity index (χ1v) is 16.6. The molecule has 9 aromatic rings. The Morgan fingerprint density at radius 1 is 0.617 bits per heavy atom. The minimum atomic E-state index is -0.107. The number of nitrogens with zero attached hydrogens (tertiary/aromatic N) is 4. The molecule has 0 unspecified atom stereocenters. The Morgan fingerprint density at radius 3 is 2.40 bits per heavy atom. The molecule has 47 heavy (non-hydrogen) atoms. The maximum absolute atomic E-state index is 6.57. The van der Waals surface area contributed by atoms with Gasteiger partial charge in [0.15, 0.2) is 0 Å². The third kappa shape index (κ3) is 3.79. The van der Waals surface area contributed by atoms with Gasteiger partial charge in [-0.05, 0) is 77.2 Å². The molecule has 5 aromatic carbocycles. The SMILES string of the molecule is CC1(C)c2ccccc2Sc2c1ccc1c2c2cccnc2n1-c1cccc(Oc2ccc3c4ccccc4n4ccnc4c3c2)c1. The van der Waals surface area contributed by atoms with Gasteiger partial charge in [-0.2, -0.15) is 0 Å². The Balaban J connectivity index is 1.11. The van der Waals surface area contributed by atoms with Crippen molar-refractivity contribution in [2.24, 2.45) is 0 Å². The number of fused-ring (bicyclic) bond motifs is 12. The summed E-state index contributed by atoms with van der Waals surface area (Å²) < 4.78 is 11.0. The van der Waals surface area contributed by atoms with E-state index in [0.717, 1.165) is 55.7 Å². The highest BCUT2D eigenvalue weighted by molar-refractivity contribution is 7.99. The molecule has 0 saturated carbocycles. The molecule has 0 saturated heterocycles. The zero-order valence-electron chi connectivity index (χ0n) is 25.8. The Kier molecular flexibility index (Phi) is 5.50. The van der Waals surface area contributed by atoms with E-state index in [1.54, 1.807) is 0 Å². The quantitative estimate of drug-likeness (QED) is 0.184. The molecular weight excluding hydrogens is 597 g/mol. The van der Waals surface area contributed by atoms with Crippen LogP contribution in [0.25, 0.3) is 54.9 Å². The van der Waals surface area contributed by atoms with Crippen molar-refractivity contribution in [1.29, 1.82) is 0 Å². The molecule has 0 N–H and O–H groups in total. The number of aromatic nitrogens is 4. The van der Waals surface area contributed by atoms with Crippen molar-refractivity contribution in [3.63, 3.8) is 0 Å². The number of pyridine rings is 2. The van der Waals surface area contributed by atoms with E-state index in [4.69, 9.17) is 14.7 Å². The van der Waals surface area contributed by atoms with E-state index in [2.05, 4.69) is 120 Å². The van der Waals surface area contributed by atoms with Crippen LogP contribution in [-0.2, 0) is 5.41 Å². The maximum Gasteiger partial charge on any atom is 0.145 e. The third-order valence-electron chi connectivity index (χ3n) is 9.73. The number of imidazole rings is 1. The molecule has 0 spiro atoms. The number of hydrogen-bond acceptors (Lipinski definition) is 4. The largest absolute Gasteiger partial charge is 0.457 e. The number of benzene rings is 5. The monoisotopic (exact) mass is 624 g/mol. The van der Waals surface area contributed by atoms with Crippen LogP contribution in [0.5, 0.6) is 11.5 Å². The summed E-state index contributed by atoms with van der Waals surface area (Å²) in [6, 6.07) is 40.7. The molecule has 0 radical (unpaired) electrons. The molecule has 5 nitrogen and oxygen atoms in total. The molecule has 0 amide bonds. The topological polar surface area (TPSA) is 44.4 Å². The van der Waals surface area contributed by atoms with Crippen LogP contribution in [0.15, 0.2) is 144 Å². The van der Waals surface area contributed by atoms with Crippen molar-refractivity contribution in [2.45, 2.75) is 29.1 Å². The second-order valence-corrected chi connectivity index (χ2v) is 13.8. The van der Waals surface area contributed by atoms with Gasteiger partial charge in [0.25, 0.3) is 0 Å². The normalized spacial score (nSPS) is 13.8. The maximum atomic E-state index is 6.57. The molecule has 6 heteroatoms. The molecular formula is C41H28N4OS. The predicted octanol–water partition coefficient (Wildman–Crippen LogP) is 10.7. The smallest absolute Gasteiger partial charge is 0.145 e. The van der Waals surface area contributed by atoms with Crippen LogP contribution in [0.3, 0.4) is 0 Å². The van der Waals surface area contributed by atoms with Gasteiger partial charge in [0.2, 0.25) is 0 Å². The van der Waals surface area contributed by atoms with Gasteiger partial charge in [-0.1, -0.05) is 74.1 Å². The fourth-order valence-corrected chi connectivity index (χ4v) is 9.08. The number of rotatable bonds is 3. The number of hydrogen-bond donors (Lipinski definition) is 0. The molecule has 4 aromatic heterocycles. The van der Waals surface area contributed by atoms with E-state index < -0.39 is 0 Å². The number of ether oxygens (including phenoxy) is 1. The minimum absolute atomic E-state index is 0.107. The summed E-state index contributed by atoms with van der Waals surface area (Å²) >= 11 is 1.87. The molecule has 1 aliphatic rings. The van der Waals surface area contributed by atoms with Gasteiger partial charge in [0.05, 0.1) is 16.7 Å². The summed E-state index contributed by atoms with van der Waals surface area (Å²) in [4.78, 5) is 12.2. The molecule has 224 valence electrons. The van der Waals surface area contributed by atoms with Crippen LogP contribution >= 0.6 is 11.8 Å². The lowest BCUT2D eigenvalue weighted by atomic mass is 9.77. The van der Waals surface area contributed by atoms with Gasteiger partial charge in [-0.25, -0.2) is 9.97 Å². The minimum Gasteiger partial charge on any atom is -0.457 e. The molecule has 5 heterocycles. The average Bonchev–Trinajstić information content (AvgIpc) is 3.73. The number of para-hydroxylation sites is 1. The highest BCUT2D eigenvalue weighted by atomic mass is 32.2. The summed E-state index contributed by atoms with van der Waals surface area (Å²) in [5.74, 6) is 1.52. The first-order chi connectivity index (χ1) is 23.1. The fraction of sp³-hybridized carbons (Fsp3) is 0.0732. The first-order valence-electron chi connectivity index (χ1n) is 15.8. The predicted molar refractivity (Wildman–Crippen MR) is 192 cm³/mol. The average molecular weight is 625 g/mol. The molecule has 0 bridgehead atoms. The van der Waals surface area contributed by atoms with Crippen molar-refractivity contribution in [3.05, 3.63) is 145 Å². The van der Waals surface area contributed by atoms with Crippen molar-refractivity contribution < 1.29 is 4.74 Å². The molecule has 10 rings (SSSR count). The van der Waals surface area contributed by atoms with E-state index >= 15 is 0 Å². The highest BCUT2D eigenvalue weighted by Gasteiger charge is 2.35. The Morgan fingerprint density at radius 2 is 1.45 bits per heavy atom. The van der Waals surface area contributed by atoms with Crippen molar-refractivity contribution in [1.82, 2.24) is 18.9 Å². The zero-order chi connectivity index (χ0) is 31.3. The van der Waals surface area contributed by atoms with Gasteiger partial charge in [0, 0.05) is 61.4 Å². The Bertz CT molecular complexity index is 2740. The second-order valence-electron chi connectivity index (χ2n) is 12.7. The standard InChI is InChI=1S/C41H28N4OS/c1-41(2)32-13-4-6-15-36(32)47-38-33(41)18-19-35-37(38)30-12-8-20-42-40(30)45(35)25-9-7-10-26(23-25)46-27-16-17-28-29-11-3-5-14-34(29)44-22-21-43-39(44)31(28)24-27/h3-24H,1-2H3. The van der Waals surface area contributed by atoms with Crippen LogP contribution in [0, 0.1) is 0 Å². The van der Waals surface area contributed by atoms with Gasteiger partial charge in [-0.3, -0.25) is 8.97 Å². The molecule has 0 atom stereocenters. The lowest BCUT2D eigenvalue weighted by Crippen LogP contribution is -2.23. The van der Waals surface area contributed by atoms with Crippen molar-refractivity contribution >= 4 is 61.0 Å². The van der Waals surface area contributed by atoms with Gasteiger partial charge < -0.3 is 4.74 Å². The van der Waals surface area contributed by atoms with Crippen LogP contribution in [0.4, 0.5) is 0 Å². The van der Waals surface area contributed by atoms with Crippen molar-refractivity contribution in [2.75, 3.05) is 0 Å². The van der Waals surface area contributed by atoms with Crippen LogP contribution in [-0.4, -0.2) is 18.9 Å². The highest BCUT2D eigenvalue weighted by Crippen LogP contribution is 2.53. The summed E-state index contributed by atoms with van der Waals surface area (Å²) in [7, 11) is 0. The van der Waals surface area contributed by atoms with Gasteiger partial charge >= 0.3 is 0 Å². The molecule has 0 fully saturated rings. The van der Waals surface area contributed by atoms with Gasteiger partial charge in [0.1, 0.15) is 22.8 Å². The lowest BCUT2D eigenvalue weighted by Gasteiger charge is -2.35. The Hall–Kier alpha value is -5.59. The van der Waals surface area contributed by atoms with Crippen LogP contribution in [0.2, 0.25) is 0 Å². The summed E-state index contributed by atoms with van der Waals surface area (Å²) in [6.45, 7) is 4.67. The zero-order valence-corrected chi connectivity index (χ0v) is 26.6. The third-order valence-corrected chi connectivity index (χ3v) is 10.9. The van der Waals surface area contributed by atoms with Crippen molar-refractivity contribution in [3.8, 4) is 17.2 Å². The second kappa shape index (κ2) is 9.71. The first kappa shape index (κ1) is 26.6. The summed E-state index contributed by atoms with van der Waals surface area (Å²) in [6.07, 6.45) is 5.75. The van der Waals surface area contributed by atoms with Crippen LogP contribution in [0.1, 0.15) is 25.0 Å². The van der Waals surface area contributed by atoms with E-state index in [9.17, 15) is 0 Å². The fourth-order valence-electron chi connectivity index (χ4n) is 7.53. The molecule has 0 aliphatic carbocycles. The summed E-state index contributed by atoms with van der Waals surface area (Å²) in [5.41, 5.74) is 7.75. The van der Waals surface area contributed by atoms with E-state index in [0.29, 0.717) is 0 Å².